The minimum atomic E-state index is -4.79. The van der Waals surface area contributed by atoms with Crippen molar-refractivity contribution < 1.29 is 36.6 Å². The van der Waals surface area contributed by atoms with Crippen molar-refractivity contribution in [1.29, 1.82) is 0 Å². The molecule has 6 nitrogen and oxygen atoms in total. The van der Waals surface area contributed by atoms with Gasteiger partial charge in [0.2, 0.25) is 10.0 Å². The summed E-state index contributed by atoms with van der Waals surface area (Å²) in [6.07, 6.45) is -1.63. The minimum Gasteiger partial charge on any atom is -0.480 e. The molecule has 0 heterocycles. The van der Waals surface area contributed by atoms with Crippen LogP contribution in [0.4, 0.5) is 13.2 Å². The van der Waals surface area contributed by atoms with Crippen LogP contribution in [0.3, 0.4) is 0 Å². The van der Waals surface area contributed by atoms with Crippen LogP contribution in [0.25, 0.3) is 0 Å². The molecule has 0 aliphatic carbocycles. The fourth-order valence-electron chi connectivity index (χ4n) is 1.30. The number of rotatable bonds is 5. The van der Waals surface area contributed by atoms with Gasteiger partial charge < -0.3 is 10.2 Å². The van der Waals surface area contributed by atoms with Gasteiger partial charge in [0.05, 0.1) is 6.10 Å². The third-order valence-electron chi connectivity index (χ3n) is 2.32. The average Bonchev–Trinajstić information content (AvgIpc) is 2.32. The molecule has 0 aliphatic rings. The zero-order valence-corrected chi connectivity index (χ0v) is 10.8. The van der Waals surface area contributed by atoms with Crippen LogP contribution in [0.15, 0.2) is 17.0 Å². The average molecular weight is 313 g/mol. The van der Waals surface area contributed by atoms with E-state index in [4.69, 9.17) is 10.2 Å². The van der Waals surface area contributed by atoms with Crippen molar-refractivity contribution in [2.24, 2.45) is 0 Å². The molecule has 112 valence electrons. The number of hydrogen-bond acceptors (Lipinski definition) is 4. The Morgan fingerprint density at radius 1 is 1.25 bits per heavy atom. The lowest BCUT2D eigenvalue weighted by Crippen LogP contribution is -2.47. The predicted molar refractivity (Wildman–Crippen MR) is 59.7 cm³/mol. The van der Waals surface area contributed by atoms with Crippen LogP contribution in [-0.4, -0.2) is 36.7 Å². The molecule has 0 radical (unpaired) electrons. The Morgan fingerprint density at radius 2 is 1.80 bits per heavy atom. The highest BCUT2D eigenvalue weighted by molar-refractivity contribution is 7.89. The molecule has 0 spiro atoms. The summed E-state index contributed by atoms with van der Waals surface area (Å²) in [5.41, 5.74) is 0. The van der Waals surface area contributed by atoms with Crippen LogP contribution in [0, 0.1) is 17.5 Å². The van der Waals surface area contributed by atoms with Gasteiger partial charge in [0.15, 0.2) is 17.5 Å². The molecule has 0 saturated carbocycles. The van der Waals surface area contributed by atoms with E-state index in [-0.39, 0.29) is 0 Å². The molecule has 0 amide bonds. The smallest absolute Gasteiger partial charge is 0.324 e. The maximum Gasteiger partial charge on any atom is 0.324 e. The van der Waals surface area contributed by atoms with E-state index in [1.165, 1.54) is 4.72 Å². The van der Waals surface area contributed by atoms with E-state index in [0.29, 0.717) is 12.1 Å². The van der Waals surface area contributed by atoms with Gasteiger partial charge >= 0.3 is 5.97 Å². The summed E-state index contributed by atoms with van der Waals surface area (Å²) >= 11 is 0. The summed E-state index contributed by atoms with van der Waals surface area (Å²) in [6, 6.07) is -1.14. The van der Waals surface area contributed by atoms with E-state index >= 15 is 0 Å². The molecule has 1 aromatic rings. The lowest BCUT2D eigenvalue weighted by Gasteiger charge is -2.17. The van der Waals surface area contributed by atoms with E-state index in [0.717, 1.165) is 6.92 Å². The highest BCUT2D eigenvalue weighted by atomic mass is 32.2. The quantitative estimate of drug-likeness (QED) is 0.675. The van der Waals surface area contributed by atoms with Crippen molar-refractivity contribution in [3.05, 3.63) is 29.6 Å². The molecular formula is C10H10F3NO5S. The first-order valence-electron chi connectivity index (χ1n) is 5.14. The number of hydrogen-bond donors (Lipinski definition) is 3. The van der Waals surface area contributed by atoms with Gasteiger partial charge in [-0.1, -0.05) is 0 Å². The number of nitrogens with one attached hydrogen (secondary N) is 1. The minimum absolute atomic E-state index is 0.380. The fourth-order valence-corrected chi connectivity index (χ4v) is 2.63. The highest BCUT2D eigenvalue weighted by Gasteiger charge is 2.32. The summed E-state index contributed by atoms with van der Waals surface area (Å²) in [4.78, 5) is 9.48. The Kier molecular flexibility index (Phi) is 4.73. The molecule has 0 bridgehead atoms. The monoisotopic (exact) mass is 313 g/mol. The van der Waals surface area contributed by atoms with Gasteiger partial charge in [-0.2, -0.15) is 4.72 Å². The Balaban J connectivity index is 3.25. The van der Waals surface area contributed by atoms with Crippen LogP contribution in [-0.2, 0) is 14.8 Å². The van der Waals surface area contributed by atoms with Crippen LogP contribution in [0.2, 0.25) is 0 Å². The molecular weight excluding hydrogens is 303 g/mol. The molecule has 0 aromatic heterocycles. The lowest BCUT2D eigenvalue weighted by molar-refractivity contribution is -0.141. The Morgan fingerprint density at radius 3 is 2.25 bits per heavy atom. The van der Waals surface area contributed by atoms with E-state index in [1.54, 1.807) is 0 Å². The molecule has 2 atom stereocenters. The standard InChI is InChI=1S/C10H10F3NO5S/c1-4(15)9(10(16)17)14-20(18,19)6-3-2-5(11)7(12)8(6)13/h2-4,9,14-15H,1H3,(H,16,17)/t4-,9+/m1/s1. The number of carboxylic acid groups (broad SMARTS) is 1. The third-order valence-corrected chi connectivity index (χ3v) is 3.78. The molecule has 0 saturated heterocycles. The number of carboxylic acids is 1. The van der Waals surface area contributed by atoms with E-state index in [9.17, 15) is 26.4 Å². The highest BCUT2D eigenvalue weighted by Crippen LogP contribution is 2.20. The molecule has 20 heavy (non-hydrogen) atoms. The van der Waals surface area contributed by atoms with Crippen LogP contribution in [0.1, 0.15) is 6.92 Å². The first-order valence-corrected chi connectivity index (χ1v) is 6.63. The first-order chi connectivity index (χ1) is 9.08. The zero-order valence-electron chi connectivity index (χ0n) is 9.97. The Labute approximate surface area is 111 Å². The molecule has 3 N–H and O–H groups in total. The Bertz CT molecular complexity index is 632. The van der Waals surface area contributed by atoms with Crippen LogP contribution in [0.5, 0.6) is 0 Å². The number of aliphatic hydroxyl groups is 1. The second kappa shape index (κ2) is 5.77. The van der Waals surface area contributed by atoms with Gasteiger partial charge in [-0.05, 0) is 19.1 Å². The Hall–Kier alpha value is -1.65. The van der Waals surface area contributed by atoms with Crippen molar-refractivity contribution in [2.75, 3.05) is 0 Å². The number of aliphatic hydroxyl groups excluding tert-OH is 1. The number of benzene rings is 1. The largest absolute Gasteiger partial charge is 0.480 e. The number of sulfonamides is 1. The number of halogens is 3. The van der Waals surface area contributed by atoms with Gasteiger partial charge in [0.1, 0.15) is 10.9 Å². The number of aliphatic carboxylic acids is 1. The van der Waals surface area contributed by atoms with Crippen LogP contribution < -0.4 is 4.72 Å². The third kappa shape index (κ3) is 3.26. The van der Waals surface area contributed by atoms with E-state index < -0.39 is 50.5 Å². The van der Waals surface area contributed by atoms with Crippen LogP contribution >= 0.6 is 0 Å². The van der Waals surface area contributed by atoms with Gasteiger partial charge in [0.25, 0.3) is 0 Å². The zero-order chi connectivity index (χ0) is 15.7. The van der Waals surface area contributed by atoms with Crippen molar-refractivity contribution in [2.45, 2.75) is 24.0 Å². The van der Waals surface area contributed by atoms with Crippen molar-refractivity contribution in [3.63, 3.8) is 0 Å². The van der Waals surface area contributed by atoms with E-state index in [2.05, 4.69) is 0 Å². The summed E-state index contributed by atoms with van der Waals surface area (Å²) in [5.74, 6) is -7.29. The SMILES string of the molecule is C[C@@H](O)[C@H](NS(=O)(=O)c1ccc(F)c(F)c1F)C(=O)O. The topological polar surface area (TPSA) is 104 Å². The summed E-state index contributed by atoms with van der Waals surface area (Å²) in [5, 5.41) is 17.8. The predicted octanol–water partition coefficient (Wildman–Crippen LogP) is 0.216. The molecule has 1 rings (SSSR count). The lowest BCUT2D eigenvalue weighted by atomic mass is 10.2. The molecule has 0 unspecified atom stereocenters. The second-order valence-corrected chi connectivity index (χ2v) is 5.53. The molecule has 0 aliphatic heterocycles. The summed E-state index contributed by atoms with van der Waals surface area (Å²) in [6.45, 7) is 0.989. The number of carbonyl (C=O) groups is 1. The fraction of sp³-hybridized carbons (Fsp3) is 0.300. The maximum absolute atomic E-state index is 13.4. The second-order valence-electron chi connectivity index (χ2n) is 3.85. The van der Waals surface area contributed by atoms with Gasteiger partial charge in [-0.3, -0.25) is 4.79 Å². The maximum atomic E-state index is 13.4. The van der Waals surface area contributed by atoms with Gasteiger partial charge in [0, 0.05) is 0 Å². The summed E-state index contributed by atoms with van der Waals surface area (Å²) < 4.78 is 64.0. The van der Waals surface area contributed by atoms with Crippen molar-refractivity contribution in [1.82, 2.24) is 4.72 Å². The summed E-state index contributed by atoms with van der Waals surface area (Å²) in [7, 11) is -4.79. The van der Waals surface area contributed by atoms with Crippen molar-refractivity contribution in [3.8, 4) is 0 Å². The normalized spacial score (nSPS) is 14.8. The van der Waals surface area contributed by atoms with Crippen molar-refractivity contribution >= 4 is 16.0 Å². The van der Waals surface area contributed by atoms with E-state index in [1.807, 2.05) is 0 Å². The van der Waals surface area contributed by atoms with Gasteiger partial charge in [-0.15, -0.1) is 0 Å². The molecule has 0 fully saturated rings. The first kappa shape index (κ1) is 16.4. The molecule has 10 heteroatoms. The molecule has 1 aromatic carbocycles. The van der Waals surface area contributed by atoms with Gasteiger partial charge in [-0.25, -0.2) is 21.6 Å².